The zero-order valence-corrected chi connectivity index (χ0v) is 10.0. The van der Waals surface area contributed by atoms with Crippen molar-refractivity contribution in [3.63, 3.8) is 0 Å². The van der Waals surface area contributed by atoms with Gasteiger partial charge in [0.25, 0.3) is 0 Å². The summed E-state index contributed by atoms with van der Waals surface area (Å²) in [6.07, 6.45) is 1.67. The summed E-state index contributed by atoms with van der Waals surface area (Å²) in [5.41, 5.74) is 0. The molecule has 2 amide bonds. The number of rotatable bonds is 4. The maximum absolute atomic E-state index is 12.0. The predicted molar refractivity (Wildman–Crippen MR) is 61.1 cm³/mol. The second kappa shape index (κ2) is 5.53. The average molecular weight is 258 g/mol. The zero-order valence-electron chi connectivity index (χ0n) is 10.0. The summed E-state index contributed by atoms with van der Waals surface area (Å²) < 4.78 is 5.17. The highest BCUT2D eigenvalue weighted by Gasteiger charge is 2.39. The number of aliphatic hydroxyl groups excluding tert-OH is 1. The summed E-state index contributed by atoms with van der Waals surface area (Å²) >= 11 is 0. The third-order valence-corrected chi connectivity index (χ3v) is 3.34. The van der Waals surface area contributed by atoms with E-state index in [9.17, 15) is 9.59 Å². The van der Waals surface area contributed by atoms with Gasteiger partial charge in [-0.1, -0.05) is 0 Å². The molecule has 0 bridgehead atoms. The van der Waals surface area contributed by atoms with Gasteiger partial charge in [0.05, 0.1) is 25.9 Å². The van der Waals surface area contributed by atoms with Gasteiger partial charge in [-0.3, -0.25) is 0 Å². The maximum Gasteiger partial charge on any atom is 0.326 e. The Morgan fingerprint density at radius 3 is 2.72 bits per heavy atom. The lowest BCUT2D eigenvalue weighted by molar-refractivity contribution is -0.139. The summed E-state index contributed by atoms with van der Waals surface area (Å²) in [6, 6.07) is -1.65. The van der Waals surface area contributed by atoms with Crippen LogP contribution in [0.3, 0.4) is 0 Å². The van der Waals surface area contributed by atoms with E-state index in [1.807, 2.05) is 0 Å². The number of ether oxygens (including phenoxy) is 1. The van der Waals surface area contributed by atoms with E-state index in [1.165, 1.54) is 4.90 Å². The number of carbonyl (C=O) groups is 2. The van der Waals surface area contributed by atoms with E-state index >= 15 is 0 Å². The molecule has 3 N–H and O–H groups in total. The average Bonchev–Trinajstić information content (AvgIpc) is 3.19. The van der Waals surface area contributed by atoms with E-state index in [2.05, 4.69) is 5.32 Å². The minimum Gasteiger partial charge on any atom is -0.480 e. The summed E-state index contributed by atoms with van der Waals surface area (Å²) in [6.45, 7) is 0.874. The molecule has 1 aliphatic heterocycles. The second-order valence-corrected chi connectivity index (χ2v) is 4.71. The van der Waals surface area contributed by atoms with Crippen molar-refractivity contribution < 1.29 is 24.5 Å². The van der Waals surface area contributed by atoms with Crippen molar-refractivity contribution in [2.75, 3.05) is 26.4 Å². The topological polar surface area (TPSA) is 99.1 Å². The summed E-state index contributed by atoms with van der Waals surface area (Å²) in [7, 11) is 0. The van der Waals surface area contributed by atoms with Crippen molar-refractivity contribution in [1.29, 1.82) is 0 Å². The van der Waals surface area contributed by atoms with Crippen molar-refractivity contribution >= 4 is 12.0 Å². The fourth-order valence-corrected chi connectivity index (χ4v) is 2.10. The summed E-state index contributed by atoms with van der Waals surface area (Å²) in [4.78, 5) is 24.5. The van der Waals surface area contributed by atoms with Gasteiger partial charge in [0.1, 0.15) is 6.04 Å². The van der Waals surface area contributed by atoms with Gasteiger partial charge in [-0.05, 0) is 18.8 Å². The SMILES string of the molecule is O=C(O)C(NC(=O)N1CCOCC1CO)C1CC1. The molecule has 7 heteroatoms. The Balaban J connectivity index is 1.94. The molecule has 102 valence electrons. The van der Waals surface area contributed by atoms with Crippen LogP contribution in [0.4, 0.5) is 4.79 Å². The Morgan fingerprint density at radius 2 is 2.17 bits per heavy atom. The molecule has 2 rings (SSSR count). The molecule has 2 aliphatic rings. The van der Waals surface area contributed by atoms with Crippen LogP contribution in [0.2, 0.25) is 0 Å². The first-order chi connectivity index (χ1) is 8.63. The molecule has 0 aromatic carbocycles. The number of amides is 2. The molecule has 0 spiro atoms. The van der Waals surface area contributed by atoms with E-state index in [1.54, 1.807) is 0 Å². The van der Waals surface area contributed by atoms with Crippen molar-refractivity contribution in [2.45, 2.75) is 24.9 Å². The van der Waals surface area contributed by atoms with E-state index < -0.39 is 24.1 Å². The number of hydrogen-bond donors (Lipinski definition) is 3. The molecular formula is C11H18N2O5. The molecule has 1 heterocycles. The highest BCUT2D eigenvalue weighted by molar-refractivity contribution is 5.83. The molecule has 0 aromatic rings. The van der Waals surface area contributed by atoms with Crippen molar-refractivity contribution in [3.05, 3.63) is 0 Å². The van der Waals surface area contributed by atoms with Gasteiger partial charge >= 0.3 is 12.0 Å². The maximum atomic E-state index is 12.0. The van der Waals surface area contributed by atoms with Crippen LogP contribution in [0.1, 0.15) is 12.8 Å². The number of carboxylic acids is 1. The number of urea groups is 1. The molecule has 1 saturated heterocycles. The monoisotopic (exact) mass is 258 g/mol. The van der Waals surface area contributed by atoms with Crippen LogP contribution in [0.15, 0.2) is 0 Å². The minimum atomic E-state index is -1.00. The van der Waals surface area contributed by atoms with Crippen molar-refractivity contribution in [2.24, 2.45) is 5.92 Å². The number of nitrogens with one attached hydrogen (secondary N) is 1. The van der Waals surface area contributed by atoms with Gasteiger partial charge in [-0.15, -0.1) is 0 Å². The Labute approximate surface area is 105 Å². The Morgan fingerprint density at radius 1 is 1.44 bits per heavy atom. The van der Waals surface area contributed by atoms with Crippen LogP contribution < -0.4 is 5.32 Å². The largest absolute Gasteiger partial charge is 0.480 e. The van der Waals surface area contributed by atoms with Crippen LogP contribution in [0, 0.1) is 5.92 Å². The van der Waals surface area contributed by atoms with Crippen LogP contribution in [0.25, 0.3) is 0 Å². The highest BCUT2D eigenvalue weighted by atomic mass is 16.5. The van der Waals surface area contributed by atoms with Gasteiger partial charge in [0.2, 0.25) is 0 Å². The minimum absolute atomic E-state index is 0.0417. The molecule has 2 atom stereocenters. The lowest BCUT2D eigenvalue weighted by Crippen LogP contribution is -2.57. The van der Waals surface area contributed by atoms with E-state index in [4.69, 9.17) is 14.9 Å². The fourth-order valence-electron chi connectivity index (χ4n) is 2.10. The zero-order chi connectivity index (χ0) is 13.1. The first-order valence-corrected chi connectivity index (χ1v) is 6.12. The first-order valence-electron chi connectivity index (χ1n) is 6.12. The third kappa shape index (κ3) is 2.91. The van der Waals surface area contributed by atoms with Crippen LogP contribution in [-0.4, -0.2) is 65.6 Å². The number of aliphatic hydroxyl groups is 1. The van der Waals surface area contributed by atoms with Crippen LogP contribution in [0.5, 0.6) is 0 Å². The van der Waals surface area contributed by atoms with E-state index in [0.717, 1.165) is 12.8 Å². The Bertz CT molecular complexity index is 331. The van der Waals surface area contributed by atoms with Gasteiger partial charge in [-0.2, -0.15) is 0 Å². The molecule has 1 saturated carbocycles. The fraction of sp³-hybridized carbons (Fsp3) is 0.818. The molecule has 7 nitrogen and oxygen atoms in total. The number of hydrogen-bond acceptors (Lipinski definition) is 4. The number of carbonyl (C=O) groups excluding carboxylic acids is 1. The lowest BCUT2D eigenvalue weighted by atomic mass is 10.2. The normalized spacial score (nSPS) is 25.6. The number of aliphatic carboxylic acids is 1. The molecule has 1 aliphatic carbocycles. The predicted octanol–water partition coefficient (Wildman–Crippen LogP) is -0.748. The van der Waals surface area contributed by atoms with Crippen molar-refractivity contribution in [3.8, 4) is 0 Å². The number of nitrogens with zero attached hydrogens (tertiary/aromatic N) is 1. The first kappa shape index (κ1) is 13.1. The molecule has 2 unspecified atom stereocenters. The summed E-state index contributed by atoms with van der Waals surface area (Å²) in [5, 5.41) is 20.7. The van der Waals surface area contributed by atoms with E-state index in [0.29, 0.717) is 13.2 Å². The van der Waals surface area contributed by atoms with Gasteiger partial charge in [0.15, 0.2) is 0 Å². The third-order valence-electron chi connectivity index (χ3n) is 3.34. The quantitative estimate of drug-likeness (QED) is 0.616. The Kier molecular flexibility index (Phi) is 4.03. The van der Waals surface area contributed by atoms with Gasteiger partial charge in [-0.25, -0.2) is 9.59 Å². The molecule has 18 heavy (non-hydrogen) atoms. The second-order valence-electron chi connectivity index (χ2n) is 4.71. The van der Waals surface area contributed by atoms with E-state index in [-0.39, 0.29) is 19.1 Å². The highest BCUT2D eigenvalue weighted by Crippen LogP contribution is 2.32. The van der Waals surface area contributed by atoms with Gasteiger partial charge in [0, 0.05) is 6.54 Å². The smallest absolute Gasteiger partial charge is 0.326 e. The standard InChI is InChI=1S/C11H18N2O5/c14-5-8-6-18-4-3-13(8)11(17)12-9(10(15)16)7-1-2-7/h7-9,14H,1-6H2,(H,12,17)(H,15,16). The van der Waals surface area contributed by atoms with Crippen LogP contribution in [-0.2, 0) is 9.53 Å². The number of morpholine rings is 1. The molecular weight excluding hydrogens is 240 g/mol. The summed E-state index contributed by atoms with van der Waals surface area (Å²) in [5.74, 6) is -0.959. The van der Waals surface area contributed by atoms with Crippen molar-refractivity contribution in [1.82, 2.24) is 10.2 Å². The lowest BCUT2D eigenvalue weighted by Gasteiger charge is -2.35. The number of carboxylic acid groups (broad SMARTS) is 1. The Hall–Kier alpha value is -1.34. The molecule has 2 fully saturated rings. The molecule has 0 aromatic heterocycles. The molecule has 0 radical (unpaired) electrons. The van der Waals surface area contributed by atoms with Crippen LogP contribution >= 0.6 is 0 Å². The van der Waals surface area contributed by atoms with Gasteiger partial charge < -0.3 is 25.2 Å².